The van der Waals surface area contributed by atoms with Crippen LogP contribution < -0.4 is 5.32 Å². The van der Waals surface area contributed by atoms with E-state index >= 15 is 0 Å². The molecule has 0 fully saturated rings. The molecule has 2 rings (SSSR count). The summed E-state index contributed by atoms with van der Waals surface area (Å²) in [6.07, 6.45) is 0. The third-order valence-electron chi connectivity index (χ3n) is 2.79. The number of amides is 1. The largest absolute Gasteiger partial charge is 0.322 e. The Bertz CT molecular complexity index is 734. The molecule has 5 nitrogen and oxygen atoms in total. The lowest BCUT2D eigenvalue weighted by molar-refractivity contribution is -0.385. The van der Waals surface area contributed by atoms with Crippen LogP contribution in [0.1, 0.15) is 15.9 Å². The lowest BCUT2D eigenvalue weighted by Crippen LogP contribution is -2.12. The Kier molecular flexibility index (Phi) is 4.32. The number of non-ortho nitro benzene ring substituents is 1. The van der Waals surface area contributed by atoms with E-state index in [0.29, 0.717) is 5.56 Å². The van der Waals surface area contributed by atoms with Crippen LogP contribution in [0.15, 0.2) is 40.9 Å². The minimum Gasteiger partial charge on any atom is -0.322 e. The molecular formula is C14H10BrFN2O3. The average Bonchev–Trinajstić information content (AvgIpc) is 2.41. The van der Waals surface area contributed by atoms with Crippen molar-refractivity contribution in [1.29, 1.82) is 0 Å². The van der Waals surface area contributed by atoms with Gasteiger partial charge in [0.15, 0.2) is 0 Å². The van der Waals surface area contributed by atoms with E-state index in [0.717, 1.165) is 28.2 Å². The highest BCUT2D eigenvalue weighted by atomic mass is 79.9. The number of carbonyl (C=O) groups is 1. The number of rotatable bonds is 3. The van der Waals surface area contributed by atoms with Gasteiger partial charge in [0.1, 0.15) is 5.82 Å². The van der Waals surface area contributed by atoms with Crippen molar-refractivity contribution in [2.24, 2.45) is 0 Å². The van der Waals surface area contributed by atoms with E-state index in [-0.39, 0.29) is 5.69 Å². The third kappa shape index (κ3) is 3.63. The van der Waals surface area contributed by atoms with Gasteiger partial charge < -0.3 is 5.32 Å². The molecule has 1 N–H and O–H groups in total. The first-order valence-corrected chi connectivity index (χ1v) is 6.68. The lowest BCUT2D eigenvalue weighted by Gasteiger charge is -2.07. The summed E-state index contributed by atoms with van der Waals surface area (Å²) in [7, 11) is 0. The molecule has 0 aliphatic carbocycles. The Hall–Kier alpha value is -2.28. The molecule has 2 aromatic carbocycles. The molecule has 108 valence electrons. The fourth-order valence-corrected chi connectivity index (χ4v) is 2.07. The van der Waals surface area contributed by atoms with Gasteiger partial charge in [-0.25, -0.2) is 4.39 Å². The number of nitro groups is 1. The molecule has 0 aliphatic rings. The Morgan fingerprint density at radius 1 is 1.29 bits per heavy atom. The number of hydrogen-bond acceptors (Lipinski definition) is 3. The van der Waals surface area contributed by atoms with Gasteiger partial charge in [0, 0.05) is 16.1 Å². The van der Waals surface area contributed by atoms with Crippen molar-refractivity contribution in [3.05, 3.63) is 67.9 Å². The SMILES string of the molecule is Cc1ccc(C(=O)Nc2cc(F)cc([N+](=O)[O-])c2)cc1Br. The standard InChI is InChI=1S/C14H10BrFN2O3/c1-8-2-3-9(4-13(8)15)14(19)17-11-5-10(16)6-12(7-11)18(20)21/h2-7H,1H3,(H,17,19). The van der Waals surface area contributed by atoms with E-state index in [1.807, 2.05) is 6.92 Å². The summed E-state index contributed by atoms with van der Waals surface area (Å²) < 4.78 is 14.1. The van der Waals surface area contributed by atoms with Crippen molar-refractivity contribution in [2.45, 2.75) is 6.92 Å². The zero-order valence-electron chi connectivity index (χ0n) is 10.9. The van der Waals surface area contributed by atoms with Crippen LogP contribution in [0.2, 0.25) is 0 Å². The summed E-state index contributed by atoms with van der Waals surface area (Å²) >= 11 is 3.31. The minimum atomic E-state index is -0.787. The number of hydrogen-bond donors (Lipinski definition) is 1. The van der Waals surface area contributed by atoms with E-state index in [9.17, 15) is 19.3 Å². The molecule has 0 radical (unpaired) electrons. The Morgan fingerprint density at radius 3 is 2.62 bits per heavy atom. The predicted molar refractivity (Wildman–Crippen MR) is 79.9 cm³/mol. The molecule has 0 bridgehead atoms. The molecule has 1 amide bonds. The number of nitrogens with zero attached hydrogens (tertiary/aromatic N) is 1. The second-order valence-corrected chi connectivity index (χ2v) is 5.23. The Labute approximate surface area is 128 Å². The van der Waals surface area contributed by atoms with E-state index in [1.165, 1.54) is 0 Å². The van der Waals surface area contributed by atoms with E-state index in [1.54, 1.807) is 18.2 Å². The van der Waals surface area contributed by atoms with Crippen LogP contribution in [-0.2, 0) is 0 Å². The molecule has 0 aliphatic heterocycles. The second-order valence-electron chi connectivity index (χ2n) is 4.37. The summed E-state index contributed by atoms with van der Waals surface area (Å²) in [5, 5.41) is 13.1. The van der Waals surface area contributed by atoms with Gasteiger partial charge >= 0.3 is 0 Å². The Balaban J connectivity index is 2.27. The number of anilines is 1. The lowest BCUT2D eigenvalue weighted by atomic mass is 10.1. The number of aryl methyl sites for hydroxylation is 1. The van der Waals surface area contributed by atoms with Crippen LogP contribution in [0.25, 0.3) is 0 Å². The molecule has 0 heterocycles. The third-order valence-corrected chi connectivity index (χ3v) is 3.64. The highest BCUT2D eigenvalue weighted by Crippen LogP contribution is 2.22. The van der Waals surface area contributed by atoms with Crippen LogP contribution in [0.5, 0.6) is 0 Å². The molecule has 7 heteroatoms. The van der Waals surface area contributed by atoms with Crippen molar-refractivity contribution < 1.29 is 14.1 Å². The van der Waals surface area contributed by atoms with E-state index in [4.69, 9.17) is 0 Å². The van der Waals surface area contributed by atoms with Crippen molar-refractivity contribution in [2.75, 3.05) is 5.32 Å². The molecule has 21 heavy (non-hydrogen) atoms. The zero-order valence-corrected chi connectivity index (χ0v) is 12.5. The van der Waals surface area contributed by atoms with Gasteiger partial charge in [-0.15, -0.1) is 0 Å². The first kappa shape index (κ1) is 15.1. The quantitative estimate of drug-likeness (QED) is 0.668. The van der Waals surface area contributed by atoms with Gasteiger partial charge in [0.2, 0.25) is 0 Å². The topological polar surface area (TPSA) is 72.2 Å². The fraction of sp³-hybridized carbons (Fsp3) is 0.0714. The summed E-state index contributed by atoms with van der Waals surface area (Å²) in [6, 6.07) is 7.91. The summed E-state index contributed by atoms with van der Waals surface area (Å²) in [4.78, 5) is 22.0. The molecule has 0 atom stereocenters. The highest BCUT2D eigenvalue weighted by molar-refractivity contribution is 9.10. The maximum absolute atomic E-state index is 13.3. The first-order chi connectivity index (χ1) is 9.86. The first-order valence-electron chi connectivity index (χ1n) is 5.89. The van der Waals surface area contributed by atoms with E-state index < -0.39 is 22.3 Å². The summed E-state index contributed by atoms with van der Waals surface area (Å²) in [6.45, 7) is 1.88. The van der Waals surface area contributed by atoms with Gasteiger partial charge in [-0.05, 0) is 30.7 Å². The highest BCUT2D eigenvalue weighted by Gasteiger charge is 2.13. The second kappa shape index (κ2) is 6.01. The normalized spacial score (nSPS) is 10.2. The van der Waals surface area contributed by atoms with Gasteiger partial charge in [-0.1, -0.05) is 22.0 Å². The number of nitro benzene ring substituents is 1. The van der Waals surface area contributed by atoms with Gasteiger partial charge in [-0.3, -0.25) is 14.9 Å². The van der Waals surface area contributed by atoms with Crippen LogP contribution in [0.4, 0.5) is 15.8 Å². The smallest absolute Gasteiger partial charge is 0.274 e. The summed E-state index contributed by atoms with van der Waals surface area (Å²) in [5.41, 5.74) is 0.936. The van der Waals surface area contributed by atoms with Gasteiger partial charge in [0.05, 0.1) is 16.7 Å². The van der Waals surface area contributed by atoms with Crippen LogP contribution in [0.3, 0.4) is 0 Å². The molecule has 0 aromatic heterocycles. The zero-order chi connectivity index (χ0) is 15.6. The van der Waals surface area contributed by atoms with Gasteiger partial charge in [-0.2, -0.15) is 0 Å². The van der Waals surface area contributed by atoms with Crippen LogP contribution in [-0.4, -0.2) is 10.8 Å². The van der Waals surface area contributed by atoms with Crippen molar-refractivity contribution in [1.82, 2.24) is 0 Å². The van der Waals surface area contributed by atoms with Crippen molar-refractivity contribution in [3.8, 4) is 0 Å². The maximum atomic E-state index is 13.3. The monoisotopic (exact) mass is 352 g/mol. The summed E-state index contributed by atoms with van der Waals surface area (Å²) in [5.74, 6) is -1.26. The maximum Gasteiger partial charge on any atom is 0.274 e. The van der Waals surface area contributed by atoms with Crippen molar-refractivity contribution >= 4 is 33.2 Å². The Morgan fingerprint density at radius 2 is 2.00 bits per heavy atom. The van der Waals surface area contributed by atoms with Crippen LogP contribution >= 0.6 is 15.9 Å². The predicted octanol–water partition coefficient (Wildman–Crippen LogP) is 4.06. The number of benzene rings is 2. The molecule has 0 spiro atoms. The molecule has 0 saturated carbocycles. The number of halogens is 2. The molecule has 2 aromatic rings. The van der Waals surface area contributed by atoms with E-state index in [2.05, 4.69) is 21.2 Å². The van der Waals surface area contributed by atoms with Gasteiger partial charge in [0.25, 0.3) is 11.6 Å². The van der Waals surface area contributed by atoms with Crippen LogP contribution in [0, 0.1) is 22.9 Å². The fourth-order valence-electron chi connectivity index (χ4n) is 1.69. The number of nitrogens with one attached hydrogen (secondary N) is 1. The molecule has 0 saturated heterocycles. The van der Waals surface area contributed by atoms with Crippen molar-refractivity contribution in [3.63, 3.8) is 0 Å². The number of carbonyl (C=O) groups excluding carboxylic acids is 1. The molecular weight excluding hydrogens is 343 g/mol. The molecule has 0 unspecified atom stereocenters. The minimum absolute atomic E-state index is 0.0309. The average molecular weight is 353 g/mol.